The van der Waals surface area contributed by atoms with Crippen LogP contribution in [0.5, 0.6) is 0 Å². The smallest absolute Gasteiger partial charge is 0.303 e. The molecule has 0 aromatic rings. The van der Waals surface area contributed by atoms with Crippen LogP contribution in [0, 0.1) is 0 Å². The Hall–Kier alpha value is -2.18. The zero-order valence-corrected chi connectivity index (χ0v) is 9.54. The van der Waals surface area contributed by atoms with Crippen LogP contribution in [-0.2, 0) is 9.59 Å². The summed E-state index contributed by atoms with van der Waals surface area (Å²) >= 11 is 0. The molecular weight excluding hydrogens is 241 g/mol. The number of aliphatic carboxylic acids is 1. The Balaban J connectivity index is 2.02. The van der Waals surface area contributed by atoms with Crippen molar-refractivity contribution < 1.29 is 19.1 Å². The highest BCUT2D eigenvalue weighted by Crippen LogP contribution is 2.15. The largest absolute Gasteiger partial charge is 0.481 e. The number of allylic oxidation sites excluding steroid dienone is 2. The van der Waals surface area contributed by atoms with Crippen molar-refractivity contribution in [1.82, 2.24) is 9.91 Å². The molecule has 2 aliphatic heterocycles. The number of amidine groups is 1. The molecule has 0 unspecified atom stereocenters. The third-order valence-electron chi connectivity index (χ3n) is 2.54. The van der Waals surface area contributed by atoms with E-state index in [1.807, 2.05) is 0 Å². The van der Waals surface area contributed by atoms with Crippen molar-refractivity contribution in [2.24, 2.45) is 5.10 Å². The molecule has 7 heteroatoms. The molecule has 0 bridgehead atoms. The van der Waals surface area contributed by atoms with Crippen LogP contribution < -0.4 is 0 Å². The minimum atomic E-state index is -0.906. The zero-order chi connectivity index (χ0) is 13.1. The number of hydrazone groups is 1. The maximum absolute atomic E-state index is 13.0. The molecule has 2 rings (SSSR count). The van der Waals surface area contributed by atoms with Crippen LogP contribution in [0.3, 0.4) is 0 Å². The van der Waals surface area contributed by atoms with Gasteiger partial charge in [0.1, 0.15) is 12.4 Å². The number of hydrogen-bond acceptors (Lipinski definition) is 4. The van der Waals surface area contributed by atoms with Crippen LogP contribution in [0.1, 0.15) is 12.8 Å². The summed E-state index contributed by atoms with van der Waals surface area (Å²) in [5.41, 5.74) is 0. The van der Waals surface area contributed by atoms with Crippen LogP contribution >= 0.6 is 0 Å². The summed E-state index contributed by atoms with van der Waals surface area (Å²) < 4.78 is 13.0. The number of carboxylic acid groups (broad SMARTS) is 1. The highest BCUT2D eigenvalue weighted by Gasteiger charge is 2.25. The summed E-state index contributed by atoms with van der Waals surface area (Å²) in [5, 5.41) is 13.8. The van der Waals surface area contributed by atoms with Gasteiger partial charge < -0.3 is 10.0 Å². The Morgan fingerprint density at radius 1 is 1.50 bits per heavy atom. The number of nitrogens with zero attached hydrogens (tertiary/aromatic N) is 3. The van der Waals surface area contributed by atoms with Crippen molar-refractivity contribution in [3.05, 3.63) is 24.2 Å². The van der Waals surface area contributed by atoms with Crippen molar-refractivity contribution in [1.29, 1.82) is 0 Å². The van der Waals surface area contributed by atoms with Crippen molar-refractivity contribution in [3.63, 3.8) is 0 Å². The summed E-state index contributed by atoms with van der Waals surface area (Å²) in [6, 6.07) is 0. The van der Waals surface area contributed by atoms with E-state index in [2.05, 4.69) is 5.10 Å². The highest BCUT2D eigenvalue weighted by atomic mass is 19.1. The fourth-order valence-electron chi connectivity index (χ4n) is 1.69. The number of amides is 1. The lowest BCUT2D eigenvalue weighted by Gasteiger charge is -2.31. The maximum Gasteiger partial charge on any atom is 0.303 e. The van der Waals surface area contributed by atoms with Crippen molar-refractivity contribution in [3.8, 4) is 0 Å². The molecule has 2 heterocycles. The van der Waals surface area contributed by atoms with Crippen LogP contribution in [0.2, 0.25) is 0 Å². The lowest BCUT2D eigenvalue weighted by molar-refractivity contribution is -0.138. The molecule has 1 amide bonds. The van der Waals surface area contributed by atoms with Crippen LogP contribution in [0.25, 0.3) is 0 Å². The van der Waals surface area contributed by atoms with Gasteiger partial charge in [-0.25, -0.2) is 9.40 Å². The Bertz CT molecular complexity index is 470. The molecule has 0 aliphatic carbocycles. The second-order valence-corrected chi connectivity index (χ2v) is 3.95. The topological polar surface area (TPSA) is 73.2 Å². The SMILES string of the molecule is O=C(O)CCCN1N=C2C=CC(F)=CN2CC1=O. The number of carboxylic acids is 1. The first-order valence-electron chi connectivity index (χ1n) is 5.49. The fraction of sp³-hybridized carbons (Fsp3) is 0.364. The Labute approximate surface area is 103 Å². The predicted octanol–water partition coefficient (Wildman–Crippen LogP) is 0.690. The van der Waals surface area contributed by atoms with Gasteiger partial charge in [-0.05, 0) is 18.6 Å². The van der Waals surface area contributed by atoms with E-state index in [-0.39, 0.29) is 25.4 Å². The predicted molar refractivity (Wildman–Crippen MR) is 61.1 cm³/mol. The van der Waals surface area contributed by atoms with Gasteiger partial charge in [0, 0.05) is 19.2 Å². The summed E-state index contributed by atoms with van der Waals surface area (Å²) in [6.45, 7) is 0.270. The van der Waals surface area contributed by atoms with E-state index in [4.69, 9.17) is 5.11 Å². The van der Waals surface area contributed by atoms with E-state index in [1.54, 1.807) is 0 Å². The summed E-state index contributed by atoms with van der Waals surface area (Å²) in [4.78, 5) is 23.5. The molecule has 0 saturated heterocycles. The van der Waals surface area contributed by atoms with Gasteiger partial charge >= 0.3 is 5.97 Å². The van der Waals surface area contributed by atoms with Gasteiger partial charge in [0.15, 0.2) is 5.84 Å². The van der Waals surface area contributed by atoms with Crippen LogP contribution in [0.15, 0.2) is 29.3 Å². The van der Waals surface area contributed by atoms with E-state index in [0.29, 0.717) is 12.3 Å². The molecule has 0 atom stereocenters. The fourth-order valence-corrected chi connectivity index (χ4v) is 1.69. The first-order chi connectivity index (χ1) is 8.56. The molecule has 0 aromatic heterocycles. The molecule has 0 fully saturated rings. The number of fused-ring (bicyclic) bond motifs is 1. The molecule has 2 aliphatic rings. The Morgan fingerprint density at radius 3 is 3.00 bits per heavy atom. The molecule has 18 heavy (non-hydrogen) atoms. The number of halogens is 1. The average molecular weight is 253 g/mol. The molecular formula is C11H12FN3O3. The van der Waals surface area contributed by atoms with Crippen molar-refractivity contribution in [2.45, 2.75) is 12.8 Å². The number of carbonyl (C=O) groups excluding carboxylic acids is 1. The summed E-state index contributed by atoms with van der Waals surface area (Å²) in [5.74, 6) is -1.13. The molecule has 96 valence electrons. The first kappa shape index (κ1) is 12.3. The number of hydrogen-bond donors (Lipinski definition) is 1. The number of carbonyl (C=O) groups is 2. The third kappa shape index (κ3) is 2.73. The zero-order valence-electron chi connectivity index (χ0n) is 9.54. The van der Waals surface area contributed by atoms with Gasteiger partial charge in [-0.2, -0.15) is 5.10 Å². The Morgan fingerprint density at radius 2 is 2.28 bits per heavy atom. The van der Waals surface area contributed by atoms with E-state index >= 15 is 0 Å². The molecule has 0 spiro atoms. The number of rotatable bonds is 4. The summed E-state index contributed by atoms with van der Waals surface area (Å²) in [7, 11) is 0. The quantitative estimate of drug-likeness (QED) is 0.800. The van der Waals surface area contributed by atoms with Crippen LogP contribution in [0.4, 0.5) is 4.39 Å². The van der Waals surface area contributed by atoms with E-state index < -0.39 is 11.8 Å². The van der Waals surface area contributed by atoms with Gasteiger partial charge in [-0.3, -0.25) is 9.59 Å². The third-order valence-corrected chi connectivity index (χ3v) is 2.54. The molecule has 0 saturated carbocycles. The van der Waals surface area contributed by atoms with E-state index in [9.17, 15) is 14.0 Å². The van der Waals surface area contributed by atoms with Crippen molar-refractivity contribution in [2.75, 3.05) is 13.1 Å². The second-order valence-electron chi connectivity index (χ2n) is 3.95. The van der Waals surface area contributed by atoms with E-state index in [0.717, 1.165) is 0 Å². The highest BCUT2D eigenvalue weighted by molar-refractivity contribution is 6.00. The van der Waals surface area contributed by atoms with Gasteiger partial charge in [-0.15, -0.1) is 0 Å². The molecule has 1 N–H and O–H groups in total. The van der Waals surface area contributed by atoms with Gasteiger partial charge in [0.2, 0.25) is 0 Å². The molecule has 0 aromatic carbocycles. The molecule has 6 nitrogen and oxygen atoms in total. The first-order valence-corrected chi connectivity index (χ1v) is 5.49. The maximum atomic E-state index is 13.0. The average Bonchev–Trinajstić information content (AvgIpc) is 2.29. The van der Waals surface area contributed by atoms with Crippen LogP contribution in [-0.4, -0.2) is 45.8 Å². The Kier molecular flexibility index (Phi) is 3.40. The minimum Gasteiger partial charge on any atom is -0.481 e. The lowest BCUT2D eigenvalue weighted by atomic mass is 10.2. The molecule has 0 radical (unpaired) electrons. The standard InChI is InChI=1S/C11H12FN3O3/c12-8-3-4-9-13-15(5-1-2-11(17)18)10(16)7-14(9)6-8/h3-4,6H,1-2,5,7H2,(H,17,18). The van der Waals surface area contributed by atoms with Crippen molar-refractivity contribution >= 4 is 17.7 Å². The second kappa shape index (κ2) is 4.99. The van der Waals surface area contributed by atoms with E-state index in [1.165, 1.54) is 28.3 Å². The minimum absolute atomic E-state index is 0.0112. The monoisotopic (exact) mass is 253 g/mol. The van der Waals surface area contributed by atoms with Gasteiger partial charge in [0.05, 0.1) is 0 Å². The van der Waals surface area contributed by atoms with Gasteiger partial charge in [-0.1, -0.05) is 0 Å². The summed E-state index contributed by atoms with van der Waals surface area (Å²) in [6.07, 6.45) is 4.28. The normalized spacial score (nSPS) is 18.4. The van der Waals surface area contributed by atoms with Gasteiger partial charge in [0.25, 0.3) is 5.91 Å². The lowest BCUT2D eigenvalue weighted by Crippen LogP contribution is -2.45.